The standard InChI is InChI=1S/C15H18ClF3N6O3/c1-14(2,3)12(27)20-10-8(28-15(17,18)19)6-5-7(9(10)16)11(26)21-13-22-23-24-25(13)4/h5-6,23-24H,1-4H3,(H,20,27)(H,21,22,26). The van der Waals surface area contributed by atoms with Gasteiger partial charge in [-0.15, -0.1) is 23.8 Å². The van der Waals surface area contributed by atoms with Gasteiger partial charge in [0.25, 0.3) is 5.91 Å². The van der Waals surface area contributed by atoms with Gasteiger partial charge in [0, 0.05) is 12.5 Å². The molecule has 2 amide bonds. The Hall–Kier alpha value is -2.73. The monoisotopic (exact) mass is 422 g/mol. The zero-order chi connectivity index (χ0) is 21.3. The number of nitrogens with one attached hydrogen (secondary N) is 4. The third kappa shape index (κ3) is 5.16. The second-order valence-electron chi connectivity index (χ2n) is 6.72. The van der Waals surface area contributed by atoms with Gasteiger partial charge in [0.1, 0.15) is 5.69 Å². The highest BCUT2D eigenvalue weighted by atomic mass is 35.5. The Morgan fingerprint density at radius 1 is 1.21 bits per heavy atom. The van der Waals surface area contributed by atoms with Crippen LogP contribution in [0.15, 0.2) is 17.2 Å². The van der Waals surface area contributed by atoms with E-state index in [9.17, 15) is 22.8 Å². The highest BCUT2D eigenvalue weighted by Crippen LogP contribution is 2.39. The van der Waals surface area contributed by atoms with Crippen molar-refractivity contribution in [1.29, 1.82) is 0 Å². The van der Waals surface area contributed by atoms with E-state index in [4.69, 9.17) is 11.6 Å². The molecule has 1 heterocycles. The molecule has 1 aromatic carbocycles. The Kier molecular flexibility index (Phi) is 5.94. The fourth-order valence-electron chi connectivity index (χ4n) is 1.92. The Bertz CT molecular complexity index is 822. The topological polar surface area (TPSA) is 107 Å². The van der Waals surface area contributed by atoms with Crippen molar-refractivity contribution in [2.45, 2.75) is 27.1 Å². The largest absolute Gasteiger partial charge is 0.573 e. The number of carbonyl (C=O) groups excluding carboxylic acids is 2. The van der Waals surface area contributed by atoms with Crippen LogP contribution >= 0.6 is 11.6 Å². The van der Waals surface area contributed by atoms with Crippen molar-refractivity contribution in [3.63, 3.8) is 0 Å². The van der Waals surface area contributed by atoms with E-state index in [0.29, 0.717) is 0 Å². The number of hydrogen-bond acceptors (Lipinski definition) is 7. The van der Waals surface area contributed by atoms with Crippen LogP contribution < -0.4 is 26.4 Å². The van der Waals surface area contributed by atoms with Gasteiger partial charge in [-0.2, -0.15) is 0 Å². The first-order valence-electron chi connectivity index (χ1n) is 7.82. The smallest absolute Gasteiger partial charge is 0.404 e. The lowest BCUT2D eigenvalue weighted by Crippen LogP contribution is -2.45. The Balaban J connectivity index is 2.41. The average Bonchev–Trinajstić information content (AvgIpc) is 2.93. The van der Waals surface area contributed by atoms with Crippen molar-refractivity contribution in [2.24, 2.45) is 10.5 Å². The van der Waals surface area contributed by atoms with Crippen molar-refractivity contribution >= 4 is 35.1 Å². The molecule has 13 heteroatoms. The zero-order valence-electron chi connectivity index (χ0n) is 15.3. The summed E-state index contributed by atoms with van der Waals surface area (Å²) in [4.78, 5) is 24.7. The van der Waals surface area contributed by atoms with Crippen LogP contribution in [0, 0.1) is 5.41 Å². The maximum absolute atomic E-state index is 12.7. The van der Waals surface area contributed by atoms with E-state index < -0.39 is 40.1 Å². The molecule has 0 spiro atoms. The summed E-state index contributed by atoms with van der Waals surface area (Å²) in [6, 6.07) is 1.94. The van der Waals surface area contributed by atoms with Gasteiger partial charge in [-0.05, 0) is 12.1 Å². The summed E-state index contributed by atoms with van der Waals surface area (Å²) in [7, 11) is 1.55. The molecule has 1 aromatic rings. The van der Waals surface area contributed by atoms with E-state index in [1.165, 1.54) is 5.01 Å². The quantitative estimate of drug-likeness (QED) is 0.595. The van der Waals surface area contributed by atoms with Crippen LogP contribution in [0.4, 0.5) is 18.9 Å². The molecule has 0 aliphatic carbocycles. The second kappa shape index (κ2) is 7.72. The summed E-state index contributed by atoms with van der Waals surface area (Å²) >= 11 is 6.15. The molecule has 1 aliphatic heterocycles. The van der Waals surface area contributed by atoms with E-state index in [-0.39, 0.29) is 11.5 Å². The number of hydrazone groups is 1. The molecule has 0 radical (unpaired) electrons. The lowest BCUT2D eigenvalue weighted by molar-refractivity contribution is -0.274. The molecule has 9 nitrogen and oxygen atoms in total. The van der Waals surface area contributed by atoms with Crippen LogP contribution in [0.2, 0.25) is 5.02 Å². The number of rotatable bonds is 3. The first-order valence-corrected chi connectivity index (χ1v) is 8.20. The number of nitrogens with zero attached hydrogens (tertiary/aromatic N) is 2. The van der Waals surface area contributed by atoms with E-state index in [2.05, 4.69) is 31.5 Å². The van der Waals surface area contributed by atoms with Gasteiger partial charge in [-0.25, -0.2) is 5.53 Å². The molecule has 0 atom stereocenters. The number of benzene rings is 1. The third-order valence-corrected chi connectivity index (χ3v) is 3.81. The number of alkyl halides is 3. The predicted molar refractivity (Wildman–Crippen MR) is 95.2 cm³/mol. The maximum Gasteiger partial charge on any atom is 0.573 e. The number of carbonyl (C=O) groups is 2. The normalized spacial score (nSPS) is 14.3. The lowest BCUT2D eigenvalue weighted by Gasteiger charge is -2.22. The summed E-state index contributed by atoms with van der Waals surface area (Å²) in [5, 5.41) is 9.38. The van der Waals surface area contributed by atoms with Gasteiger partial charge in [0.05, 0.1) is 10.6 Å². The van der Waals surface area contributed by atoms with Crippen molar-refractivity contribution in [3.05, 3.63) is 22.7 Å². The van der Waals surface area contributed by atoms with Crippen LogP contribution in [0.1, 0.15) is 31.1 Å². The van der Waals surface area contributed by atoms with Crippen LogP contribution in [-0.2, 0) is 4.79 Å². The molecule has 0 unspecified atom stereocenters. The molecule has 0 saturated carbocycles. The van der Waals surface area contributed by atoms with E-state index in [1.807, 2.05) is 0 Å². The number of anilines is 1. The molecule has 0 saturated heterocycles. The molecular weight excluding hydrogens is 405 g/mol. The number of guanidine groups is 1. The minimum Gasteiger partial charge on any atom is -0.404 e. The van der Waals surface area contributed by atoms with E-state index in [1.54, 1.807) is 27.8 Å². The molecule has 4 N–H and O–H groups in total. The van der Waals surface area contributed by atoms with Gasteiger partial charge in [0.2, 0.25) is 11.9 Å². The first-order chi connectivity index (χ1) is 12.8. The predicted octanol–water partition coefficient (Wildman–Crippen LogP) is 2.18. The van der Waals surface area contributed by atoms with Gasteiger partial charge in [0.15, 0.2) is 5.75 Å². The Labute approximate surface area is 163 Å². The molecule has 28 heavy (non-hydrogen) atoms. The van der Waals surface area contributed by atoms with E-state index >= 15 is 0 Å². The van der Waals surface area contributed by atoms with Gasteiger partial charge < -0.3 is 10.1 Å². The Morgan fingerprint density at radius 2 is 1.86 bits per heavy atom. The number of hydrazine groups is 2. The summed E-state index contributed by atoms with van der Waals surface area (Å²) in [6.45, 7) is 4.68. The summed E-state index contributed by atoms with van der Waals surface area (Å²) < 4.78 is 42.0. The minimum absolute atomic E-state index is 0.0944. The Morgan fingerprint density at radius 3 is 2.36 bits per heavy atom. The average molecular weight is 423 g/mol. The molecule has 1 aliphatic rings. The highest BCUT2D eigenvalue weighted by molar-refractivity contribution is 6.37. The second-order valence-corrected chi connectivity index (χ2v) is 7.10. The van der Waals surface area contributed by atoms with Gasteiger partial charge in [-0.1, -0.05) is 32.4 Å². The number of amides is 2. The molecule has 0 bridgehead atoms. The van der Waals surface area contributed by atoms with Crippen LogP contribution in [0.25, 0.3) is 0 Å². The van der Waals surface area contributed by atoms with Crippen LogP contribution in [0.5, 0.6) is 5.75 Å². The first kappa shape index (κ1) is 21.6. The van der Waals surface area contributed by atoms with Crippen molar-refractivity contribution < 1.29 is 27.5 Å². The van der Waals surface area contributed by atoms with Crippen LogP contribution in [-0.4, -0.2) is 36.2 Å². The minimum atomic E-state index is -5.02. The third-order valence-electron chi connectivity index (χ3n) is 3.42. The number of halogens is 4. The fraction of sp³-hybridized carbons (Fsp3) is 0.400. The van der Waals surface area contributed by atoms with Crippen LogP contribution in [0.3, 0.4) is 0 Å². The zero-order valence-corrected chi connectivity index (χ0v) is 16.0. The van der Waals surface area contributed by atoms with Crippen molar-refractivity contribution in [2.75, 3.05) is 12.4 Å². The van der Waals surface area contributed by atoms with E-state index in [0.717, 1.165) is 12.1 Å². The van der Waals surface area contributed by atoms with Crippen molar-refractivity contribution in [3.8, 4) is 5.75 Å². The summed E-state index contributed by atoms with van der Waals surface area (Å²) in [5.41, 5.74) is 3.36. The molecule has 154 valence electrons. The number of hydrogen-bond donors (Lipinski definition) is 4. The molecule has 2 rings (SSSR count). The highest BCUT2D eigenvalue weighted by Gasteiger charge is 2.34. The summed E-state index contributed by atoms with van der Waals surface area (Å²) in [5.74, 6) is -2.03. The number of ether oxygens (including phenoxy) is 1. The molecule has 0 aromatic heterocycles. The van der Waals surface area contributed by atoms with Gasteiger partial charge >= 0.3 is 6.36 Å². The molecule has 0 fully saturated rings. The summed E-state index contributed by atoms with van der Waals surface area (Å²) in [6.07, 6.45) is -5.02. The maximum atomic E-state index is 12.7. The lowest BCUT2D eigenvalue weighted by atomic mass is 9.95. The SMILES string of the molecule is CN1NNN=C1NC(=O)c1ccc(OC(F)(F)F)c(NC(=O)C(C)(C)C)c1Cl. The van der Waals surface area contributed by atoms with Gasteiger partial charge in [-0.3, -0.25) is 19.9 Å². The molecular formula is C15H18ClF3N6O3. The van der Waals surface area contributed by atoms with Crippen molar-refractivity contribution in [1.82, 2.24) is 21.4 Å². The fourth-order valence-corrected chi connectivity index (χ4v) is 2.21.